The van der Waals surface area contributed by atoms with Gasteiger partial charge in [0, 0.05) is 25.7 Å². The van der Waals surface area contributed by atoms with Crippen LogP contribution < -0.4 is 0 Å². The van der Waals surface area contributed by atoms with Gasteiger partial charge in [0.15, 0.2) is 0 Å². The topological polar surface area (TPSA) is 63.5 Å². The quantitative estimate of drug-likeness (QED) is 0.574. The summed E-state index contributed by atoms with van der Waals surface area (Å²) in [4.78, 5) is 22.7. The molecular formula is C9H9ClN2O3. The van der Waals surface area contributed by atoms with Crippen molar-refractivity contribution in [2.45, 2.75) is 0 Å². The Morgan fingerprint density at radius 2 is 2.07 bits per heavy atom. The number of benzene rings is 1. The summed E-state index contributed by atoms with van der Waals surface area (Å²) in [5.74, 6) is -0.244. The van der Waals surface area contributed by atoms with E-state index in [9.17, 15) is 14.9 Å². The maximum Gasteiger partial charge on any atom is 0.287 e. The molecule has 0 spiro atoms. The zero-order chi connectivity index (χ0) is 11.6. The number of nitrogens with zero attached hydrogens (tertiary/aromatic N) is 2. The Morgan fingerprint density at radius 3 is 2.47 bits per heavy atom. The first-order valence-electron chi connectivity index (χ1n) is 4.09. The highest BCUT2D eigenvalue weighted by Crippen LogP contribution is 2.25. The predicted octanol–water partition coefficient (Wildman–Crippen LogP) is 1.95. The molecule has 0 unspecified atom stereocenters. The summed E-state index contributed by atoms with van der Waals surface area (Å²) in [6, 6.07) is 3.90. The van der Waals surface area contributed by atoms with Crippen LogP contribution in [-0.4, -0.2) is 29.8 Å². The standard InChI is InChI=1S/C9H9ClN2O3/c1-11(2)9(13)6-3-4-8(12(14)15)7(10)5-6/h3-5H,1-2H3. The molecule has 0 atom stereocenters. The Labute approximate surface area is 91.4 Å². The summed E-state index contributed by atoms with van der Waals surface area (Å²) in [5.41, 5.74) is 0.127. The Balaban J connectivity index is 3.12. The van der Waals surface area contributed by atoms with Gasteiger partial charge in [0.2, 0.25) is 0 Å². The average Bonchev–Trinajstić information content (AvgIpc) is 2.15. The predicted molar refractivity (Wildman–Crippen MR) is 56.1 cm³/mol. The van der Waals surface area contributed by atoms with Gasteiger partial charge in [-0.15, -0.1) is 0 Å². The summed E-state index contributed by atoms with van der Waals surface area (Å²) < 4.78 is 0. The van der Waals surface area contributed by atoms with Crippen molar-refractivity contribution < 1.29 is 9.72 Å². The van der Waals surface area contributed by atoms with Crippen LogP contribution in [0.15, 0.2) is 18.2 Å². The van der Waals surface area contributed by atoms with E-state index in [1.807, 2.05) is 0 Å². The summed E-state index contributed by atoms with van der Waals surface area (Å²) in [6.07, 6.45) is 0. The molecule has 0 bridgehead atoms. The molecule has 0 radical (unpaired) electrons. The van der Waals surface area contributed by atoms with Crippen molar-refractivity contribution in [3.63, 3.8) is 0 Å². The van der Waals surface area contributed by atoms with Gasteiger partial charge in [-0.1, -0.05) is 11.6 Å². The molecule has 1 rings (SSSR count). The smallest absolute Gasteiger partial charge is 0.287 e. The van der Waals surface area contributed by atoms with E-state index in [0.717, 1.165) is 0 Å². The van der Waals surface area contributed by atoms with Crippen LogP contribution in [0.4, 0.5) is 5.69 Å². The lowest BCUT2D eigenvalue weighted by molar-refractivity contribution is -0.384. The first-order chi connectivity index (χ1) is 6.93. The van der Waals surface area contributed by atoms with Gasteiger partial charge in [-0.05, 0) is 12.1 Å². The molecule has 0 saturated carbocycles. The van der Waals surface area contributed by atoms with Crippen molar-refractivity contribution in [1.82, 2.24) is 4.90 Å². The number of halogens is 1. The largest absolute Gasteiger partial charge is 0.345 e. The molecule has 0 aliphatic heterocycles. The van der Waals surface area contributed by atoms with Gasteiger partial charge in [-0.3, -0.25) is 14.9 Å². The van der Waals surface area contributed by atoms with E-state index < -0.39 is 4.92 Å². The van der Waals surface area contributed by atoms with Crippen LogP contribution in [0, 0.1) is 10.1 Å². The van der Waals surface area contributed by atoms with E-state index >= 15 is 0 Å². The van der Waals surface area contributed by atoms with E-state index in [1.54, 1.807) is 14.1 Å². The Hall–Kier alpha value is -1.62. The van der Waals surface area contributed by atoms with E-state index in [1.165, 1.54) is 23.1 Å². The molecule has 0 aliphatic carbocycles. The fourth-order valence-corrected chi connectivity index (χ4v) is 1.30. The lowest BCUT2D eigenvalue weighted by Crippen LogP contribution is -2.21. The average molecular weight is 229 g/mol. The zero-order valence-corrected chi connectivity index (χ0v) is 8.99. The maximum atomic E-state index is 11.5. The van der Waals surface area contributed by atoms with Crippen LogP contribution in [0.3, 0.4) is 0 Å². The van der Waals surface area contributed by atoms with Crippen LogP contribution in [0.1, 0.15) is 10.4 Å². The third kappa shape index (κ3) is 2.44. The highest BCUT2D eigenvalue weighted by molar-refractivity contribution is 6.33. The van der Waals surface area contributed by atoms with Gasteiger partial charge in [0.1, 0.15) is 5.02 Å². The molecule has 1 aromatic carbocycles. The molecule has 0 N–H and O–H groups in total. The van der Waals surface area contributed by atoms with Crippen molar-refractivity contribution in [2.75, 3.05) is 14.1 Å². The number of hydrogen-bond donors (Lipinski definition) is 0. The lowest BCUT2D eigenvalue weighted by Gasteiger charge is -2.09. The molecule has 0 heterocycles. The molecule has 1 amide bonds. The second-order valence-electron chi connectivity index (χ2n) is 3.12. The van der Waals surface area contributed by atoms with E-state index in [0.29, 0.717) is 5.56 Å². The van der Waals surface area contributed by atoms with Crippen LogP contribution >= 0.6 is 11.6 Å². The second kappa shape index (κ2) is 4.27. The Kier molecular flexibility index (Phi) is 3.26. The first kappa shape index (κ1) is 11.5. The van der Waals surface area contributed by atoms with Gasteiger partial charge in [0.05, 0.1) is 4.92 Å². The number of rotatable bonds is 2. The Morgan fingerprint density at radius 1 is 1.47 bits per heavy atom. The van der Waals surface area contributed by atoms with Crippen molar-refractivity contribution in [3.8, 4) is 0 Å². The van der Waals surface area contributed by atoms with Gasteiger partial charge in [-0.2, -0.15) is 0 Å². The minimum absolute atomic E-state index is 0.0345. The van der Waals surface area contributed by atoms with Gasteiger partial charge in [-0.25, -0.2) is 0 Å². The van der Waals surface area contributed by atoms with Crippen LogP contribution in [0.25, 0.3) is 0 Å². The van der Waals surface area contributed by atoms with Crippen molar-refractivity contribution >= 4 is 23.2 Å². The van der Waals surface area contributed by atoms with Crippen LogP contribution in [-0.2, 0) is 0 Å². The third-order valence-electron chi connectivity index (χ3n) is 1.80. The summed E-state index contributed by atoms with van der Waals surface area (Å²) >= 11 is 5.66. The van der Waals surface area contributed by atoms with Gasteiger partial charge < -0.3 is 4.90 Å². The minimum atomic E-state index is -0.591. The van der Waals surface area contributed by atoms with Gasteiger partial charge in [0.25, 0.3) is 11.6 Å². The van der Waals surface area contributed by atoms with Crippen molar-refractivity contribution in [1.29, 1.82) is 0 Å². The molecule has 5 nitrogen and oxygen atoms in total. The van der Waals surface area contributed by atoms with E-state index in [2.05, 4.69) is 0 Å². The maximum absolute atomic E-state index is 11.5. The van der Waals surface area contributed by atoms with E-state index in [4.69, 9.17) is 11.6 Å². The Bertz CT molecular complexity index is 418. The highest BCUT2D eigenvalue weighted by Gasteiger charge is 2.15. The number of hydrogen-bond acceptors (Lipinski definition) is 3. The molecule has 15 heavy (non-hydrogen) atoms. The highest BCUT2D eigenvalue weighted by atomic mass is 35.5. The minimum Gasteiger partial charge on any atom is -0.345 e. The number of amides is 1. The monoisotopic (exact) mass is 228 g/mol. The number of nitro groups is 1. The summed E-state index contributed by atoms with van der Waals surface area (Å²) in [7, 11) is 3.19. The summed E-state index contributed by atoms with van der Waals surface area (Å²) in [5, 5.41) is 10.4. The first-order valence-corrected chi connectivity index (χ1v) is 4.47. The van der Waals surface area contributed by atoms with Crippen molar-refractivity contribution in [3.05, 3.63) is 38.9 Å². The molecule has 0 saturated heterocycles. The molecule has 0 aliphatic rings. The van der Waals surface area contributed by atoms with Crippen LogP contribution in [0.2, 0.25) is 5.02 Å². The molecule has 80 valence electrons. The molecular weight excluding hydrogens is 220 g/mol. The van der Waals surface area contributed by atoms with Crippen molar-refractivity contribution in [2.24, 2.45) is 0 Å². The van der Waals surface area contributed by atoms with Crippen LogP contribution in [0.5, 0.6) is 0 Å². The number of nitro benzene ring substituents is 1. The molecule has 0 fully saturated rings. The van der Waals surface area contributed by atoms with Gasteiger partial charge >= 0.3 is 0 Å². The summed E-state index contributed by atoms with van der Waals surface area (Å²) in [6.45, 7) is 0. The van der Waals surface area contributed by atoms with E-state index in [-0.39, 0.29) is 16.6 Å². The fourth-order valence-electron chi connectivity index (χ4n) is 1.05. The number of carbonyl (C=O) groups is 1. The molecule has 1 aromatic rings. The number of carbonyl (C=O) groups excluding carboxylic acids is 1. The third-order valence-corrected chi connectivity index (χ3v) is 2.10. The molecule has 0 aromatic heterocycles. The fraction of sp³-hybridized carbons (Fsp3) is 0.222. The SMILES string of the molecule is CN(C)C(=O)c1ccc([N+](=O)[O-])c(Cl)c1. The molecule has 6 heteroatoms. The lowest BCUT2D eigenvalue weighted by atomic mass is 10.2. The normalized spacial score (nSPS) is 9.80. The second-order valence-corrected chi connectivity index (χ2v) is 3.53. The zero-order valence-electron chi connectivity index (χ0n) is 8.23.